The van der Waals surface area contributed by atoms with Crippen LogP contribution in [-0.4, -0.2) is 8.07 Å². The first-order valence-corrected chi connectivity index (χ1v) is 13.9. The molecular weight excluding hydrogens is 451 g/mol. The molecule has 0 unspecified atom stereocenters. The molecule has 1 aliphatic carbocycles. The molecule has 0 aliphatic heterocycles. The maximum absolute atomic E-state index is 2.49. The van der Waals surface area contributed by atoms with E-state index in [2.05, 4.69) is 74.3 Å². The van der Waals surface area contributed by atoms with Crippen molar-refractivity contribution in [3.63, 3.8) is 0 Å². The van der Waals surface area contributed by atoms with Crippen LogP contribution >= 0.6 is 0 Å². The van der Waals surface area contributed by atoms with E-state index in [1.165, 1.54) is 32.8 Å². The Kier molecular flexibility index (Phi) is 4.33. The summed E-state index contributed by atoms with van der Waals surface area (Å²) in [5, 5.41) is 2.69. The first kappa shape index (κ1) is 15.0. The molecule has 0 bridgehead atoms. The van der Waals surface area contributed by atoms with Crippen LogP contribution in [0.25, 0.3) is 16.3 Å². The molecule has 0 N–H and O–H groups in total. The molecule has 1 aliphatic rings. The number of benzene rings is 2. The van der Waals surface area contributed by atoms with Crippen molar-refractivity contribution in [2.75, 3.05) is 0 Å². The fourth-order valence-corrected chi connectivity index (χ4v) is 9.50. The van der Waals surface area contributed by atoms with Crippen LogP contribution in [0.5, 0.6) is 0 Å². The second kappa shape index (κ2) is 6.06. The molecule has 0 atom stereocenters. The molecule has 0 nitrogen and oxygen atoms in total. The third kappa shape index (κ3) is 3.65. The Morgan fingerprint density at radius 1 is 1.00 bits per heavy atom. The summed E-state index contributed by atoms with van der Waals surface area (Å²) < 4.78 is 3.24. The SMILES string of the molecule is C[Si](C)(C)[CH2][Pt][C]1=C(c2ccc3ccccc3c2)C=CC1. The van der Waals surface area contributed by atoms with Crippen LogP contribution in [0.1, 0.15) is 12.0 Å². The molecule has 0 radical (unpaired) electrons. The van der Waals surface area contributed by atoms with E-state index in [1.54, 1.807) is 3.96 Å². The molecule has 3 rings (SSSR count). The Balaban J connectivity index is 1.93. The van der Waals surface area contributed by atoms with E-state index in [-0.39, 0.29) is 18.6 Å². The topological polar surface area (TPSA) is 0 Å². The number of hydrogen-bond acceptors (Lipinski definition) is 0. The van der Waals surface area contributed by atoms with Crippen molar-refractivity contribution in [3.8, 4) is 0 Å². The Hall–Kier alpha value is -0.915. The van der Waals surface area contributed by atoms with E-state index in [9.17, 15) is 0 Å². The van der Waals surface area contributed by atoms with Gasteiger partial charge in [0.1, 0.15) is 0 Å². The van der Waals surface area contributed by atoms with E-state index in [0.717, 1.165) is 0 Å². The molecule has 0 aromatic heterocycles. The van der Waals surface area contributed by atoms with Crippen LogP contribution in [0.4, 0.5) is 0 Å². The average Bonchev–Trinajstić information content (AvgIpc) is 2.92. The van der Waals surface area contributed by atoms with Gasteiger partial charge in [0, 0.05) is 0 Å². The molecule has 112 valence electrons. The van der Waals surface area contributed by atoms with Crippen LogP contribution in [0.15, 0.2) is 58.6 Å². The summed E-state index contributed by atoms with van der Waals surface area (Å²) in [4.78, 5) is 0. The monoisotopic (exact) mass is 473 g/mol. The molecule has 0 fully saturated rings. The summed E-state index contributed by atoms with van der Waals surface area (Å²) in [6.45, 7) is 7.48. The number of rotatable bonds is 4. The van der Waals surface area contributed by atoms with Crippen LogP contribution < -0.4 is 0 Å². The number of allylic oxidation sites excluding steroid dienone is 4. The standard InChI is InChI=1S/C15H11.C4H11Si.Pt/c1-2-6-12(5-1)15-10-9-13-7-3-4-8-14(13)11-15;1-5(2,3)4;/h1,3-5,7-11H,2H2;1H2,2-4H3;. The van der Waals surface area contributed by atoms with Gasteiger partial charge in [-0.15, -0.1) is 0 Å². The molecule has 0 saturated carbocycles. The van der Waals surface area contributed by atoms with E-state index < -0.39 is 8.07 Å². The van der Waals surface area contributed by atoms with Gasteiger partial charge in [0.2, 0.25) is 0 Å². The zero-order valence-electron chi connectivity index (χ0n) is 12.9. The Morgan fingerprint density at radius 2 is 1.76 bits per heavy atom. The summed E-state index contributed by atoms with van der Waals surface area (Å²) in [6, 6.07) is 15.6. The number of fused-ring (bicyclic) bond motifs is 1. The van der Waals surface area contributed by atoms with Crippen LogP contribution in [0.2, 0.25) is 24.1 Å². The van der Waals surface area contributed by atoms with Crippen molar-refractivity contribution in [2.24, 2.45) is 0 Å². The van der Waals surface area contributed by atoms with Gasteiger partial charge >= 0.3 is 138 Å². The van der Waals surface area contributed by atoms with Crippen LogP contribution in [0, 0.1) is 0 Å². The first-order chi connectivity index (χ1) is 10.0. The predicted molar refractivity (Wildman–Crippen MR) is 92.8 cm³/mol. The minimum atomic E-state index is -0.912. The van der Waals surface area contributed by atoms with Crippen molar-refractivity contribution >= 4 is 24.4 Å². The van der Waals surface area contributed by atoms with E-state index in [0.29, 0.717) is 0 Å². The maximum atomic E-state index is 2.49. The summed E-state index contributed by atoms with van der Waals surface area (Å²) >= 11 is 0.189. The van der Waals surface area contributed by atoms with Gasteiger partial charge < -0.3 is 0 Å². The fraction of sp³-hybridized carbons (Fsp3) is 0.263. The van der Waals surface area contributed by atoms with E-state index in [1.807, 2.05) is 0 Å². The van der Waals surface area contributed by atoms with Gasteiger partial charge in [0.05, 0.1) is 0 Å². The van der Waals surface area contributed by atoms with Gasteiger partial charge in [-0.05, 0) is 0 Å². The van der Waals surface area contributed by atoms with Gasteiger partial charge in [-0.1, -0.05) is 0 Å². The number of hydrogen-bond donors (Lipinski definition) is 0. The second-order valence-electron chi connectivity index (χ2n) is 6.73. The average molecular weight is 474 g/mol. The Labute approximate surface area is 137 Å². The van der Waals surface area contributed by atoms with Crippen molar-refractivity contribution in [1.82, 2.24) is 0 Å². The van der Waals surface area contributed by atoms with Crippen molar-refractivity contribution in [3.05, 3.63) is 64.1 Å². The van der Waals surface area contributed by atoms with Crippen LogP contribution in [0.3, 0.4) is 0 Å². The molecule has 0 amide bonds. The minimum absolute atomic E-state index is 0.189. The Bertz CT molecular complexity index is 720. The fourth-order valence-electron chi connectivity index (χ4n) is 2.41. The third-order valence-electron chi connectivity index (χ3n) is 3.43. The van der Waals surface area contributed by atoms with Gasteiger partial charge in [0.15, 0.2) is 0 Å². The zero-order valence-corrected chi connectivity index (χ0v) is 16.2. The molecular formula is C19H22PtSi. The molecule has 0 spiro atoms. The van der Waals surface area contributed by atoms with Gasteiger partial charge in [-0.3, -0.25) is 0 Å². The van der Waals surface area contributed by atoms with Crippen molar-refractivity contribution in [1.29, 1.82) is 0 Å². The van der Waals surface area contributed by atoms with Gasteiger partial charge in [-0.25, -0.2) is 0 Å². The normalized spacial score (nSPS) is 15.4. The zero-order chi connectivity index (χ0) is 14.9. The predicted octanol–water partition coefficient (Wildman–Crippen LogP) is 5.89. The molecule has 2 aromatic rings. The van der Waals surface area contributed by atoms with Crippen molar-refractivity contribution in [2.45, 2.75) is 30.5 Å². The molecule has 21 heavy (non-hydrogen) atoms. The summed E-state index contributed by atoms with van der Waals surface area (Å²) in [6.07, 6.45) is 5.90. The van der Waals surface area contributed by atoms with Crippen LogP contribution in [-0.2, 0) is 18.6 Å². The van der Waals surface area contributed by atoms with E-state index in [4.69, 9.17) is 0 Å². The summed E-state index contributed by atoms with van der Waals surface area (Å²) in [5.41, 5.74) is 2.93. The summed E-state index contributed by atoms with van der Waals surface area (Å²) in [5.74, 6) is 0. The van der Waals surface area contributed by atoms with Gasteiger partial charge in [0.25, 0.3) is 0 Å². The second-order valence-corrected chi connectivity index (χ2v) is 16.7. The molecule has 2 aromatic carbocycles. The van der Waals surface area contributed by atoms with E-state index >= 15 is 0 Å². The first-order valence-electron chi connectivity index (χ1n) is 7.43. The molecule has 0 saturated heterocycles. The van der Waals surface area contributed by atoms with Gasteiger partial charge in [-0.2, -0.15) is 0 Å². The Morgan fingerprint density at radius 3 is 2.52 bits per heavy atom. The van der Waals surface area contributed by atoms with Crippen molar-refractivity contribution < 1.29 is 18.6 Å². The quantitative estimate of drug-likeness (QED) is 0.486. The molecule has 0 heterocycles. The summed E-state index contributed by atoms with van der Waals surface area (Å²) in [7, 11) is -0.912. The third-order valence-corrected chi connectivity index (χ3v) is 14.7. The molecule has 2 heteroatoms.